The van der Waals surface area contributed by atoms with E-state index in [0.717, 1.165) is 32.0 Å². The average molecular weight is 374 g/mol. The highest BCUT2D eigenvalue weighted by Crippen LogP contribution is 2.25. The van der Waals surface area contributed by atoms with Crippen molar-refractivity contribution in [3.8, 4) is 5.69 Å². The summed E-state index contributed by atoms with van der Waals surface area (Å²) < 4.78 is 3.12. The van der Waals surface area contributed by atoms with Crippen LogP contribution in [0.25, 0.3) is 11.8 Å². The first-order valence-electron chi connectivity index (χ1n) is 7.14. The number of aryl methyl sites for hydroxylation is 1. The number of amides is 3. The summed E-state index contributed by atoms with van der Waals surface area (Å²) in [6.07, 6.45) is 1.72. The third kappa shape index (κ3) is 2.70. The van der Waals surface area contributed by atoms with E-state index in [2.05, 4.69) is 25.8 Å². The first-order chi connectivity index (χ1) is 10.9. The van der Waals surface area contributed by atoms with E-state index in [4.69, 9.17) is 0 Å². The number of urea groups is 1. The van der Waals surface area contributed by atoms with Crippen molar-refractivity contribution in [3.63, 3.8) is 0 Å². The van der Waals surface area contributed by atoms with Crippen molar-refractivity contribution in [1.29, 1.82) is 0 Å². The number of benzene rings is 1. The van der Waals surface area contributed by atoms with Crippen molar-refractivity contribution in [2.75, 3.05) is 7.05 Å². The van der Waals surface area contributed by atoms with Gasteiger partial charge in [-0.2, -0.15) is 0 Å². The van der Waals surface area contributed by atoms with Crippen LogP contribution >= 0.6 is 15.9 Å². The van der Waals surface area contributed by atoms with Crippen LogP contribution in [-0.4, -0.2) is 28.5 Å². The van der Waals surface area contributed by atoms with Gasteiger partial charge in [-0.3, -0.25) is 9.69 Å². The van der Waals surface area contributed by atoms with Gasteiger partial charge in [0, 0.05) is 28.6 Å². The zero-order chi connectivity index (χ0) is 16.7. The fourth-order valence-electron chi connectivity index (χ4n) is 2.73. The lowest BCUT2D eigenvalue weighted by Gasteiger charge is -2.10. The third-order valence-electron chi connectivity index (χ3n) is 3.92. The lowest BCUT2D eigenvalue weighted by molar-refractivity contribution is -0.121. The number of hydrogen-bond donors (Lipinski definition) is 1. The fourth-order valence-corrected chi connectivity index (χ4v) is 3.11. The maximum absolute atomic E-state index is 12.0. The molecule has 3 rings (SSSR count). The van der Waals surface area contributed by atoms with Crippen LogP contribution in [0.4, 0.5) is 4.79 Å². The lowest BCUT2D eigenvalue weighted by Crippen LogP contribution is -2.25. The summed E-state index contributed by atoms with van der Waals surface area (Å²) in [5.41, 5.74) is 4.30. The maximum Gasteiger partial charge on any atom is 0.328 e. The molecule has 0 saturated carbocycles. The number of carbonyl (C=O) groups is 2. The molecule has 1 N–H and O–H groups in total. The van der Waals surface area contributed by atoms with Gasteiger partial charge in [0.2, 0.25) is 0 Å². The van der Waals surface area contributed by atoms with Gasteiger partial charge in [0.25, 0.3) is 5.91 Å². The van der Waals surface area contributed by atoms with Crippen molar-refractivity contribution in [2.45, 2.75) is 13.8 Å². The highest BCUT2D eigenvalue weighted by Gasteiger charge is 2.30. The SMILES string of the molecule is Cc1cc(/C=C2/NC(=O)N(C)C2=O)c(C)n1-c1cccc(Br)c1. The number of likely N-dealkylation sites (N-methyl/N-ethyl adjacent to an activating group) is 1. The van der Waals surface area contributed by atoms with Gasteiger partial charge in [-0.25, -0.2) is 4.79 Å². The van der Waals surface area contributed by atoms with Gasteiger partial charge in [-0.05, 0) is 49.8 Å². The Hall–Kier alpha value is -2.34. The molecule has 6 heteroatoms. The van der Waals surface area contributed by atoms with E-state index < -0.39 is 6.03 Å². The zero-order valence-electron chi connectivity index (χ0n) is 13.1. The molecule has 2 heterocycles. The van der Waals surface area contributed by atoms with Gasteiger partial charge in [0.1, 0.15) is 5.70 Å². The van der Waals surface area contributed by atoms with Crippen molar-refractivity contribution in [2.24, 2.45) is 0 Å². The highest BCUT2D eigenvalue weighted by atomic mass is 79.9. The molecule has 0 unspecified atom stereocenters. The van der Waals surface area contributed by atoms with Crippen molar-refractivity contribution in [3.05, 3.63) is 57.5 Å². The minimum Gasteiger partial charge on any atom is -0.318 e. The summed E-state index contributed by atoms with van der Waals surface area (Å²) in [7, 11) is 1.46. The second-order valence-corrected chi connectivity index (χ2v) is 6.41. The van der Waals surface area contributed by atoms with Gasteiger partial charge in [0.15, 0.2) is 0 Å². The number of hydrogen-bond acceptors (Lipinski definition) is 2. The summed E-state index contributed by atoms with van der Waals surface area (Å²) in [6.45, 7) is 4.00. The van der Waals surface area contributed by atoms with Gasteiger partial charge >= 0.3 is 6.03 Å². The largest absolute Gasteiger partial charge is 0.328 e. The Bertz CT molecular complexity index is 852. The van der Waals surface area contributed by atoms with Gasteiger partial charge in [0.05, 0.1) is 0 Å². The Morgan fingerprint density at radius 1 is 1.17 bits per heavy atom. The second-order valence-electron chi connectivity index (χ2n) is 5.49. The fraction of sp³-hybridized carbons (Fsp3) is 0.176. The molecule has 1 fully saturated rings. The summed E-state index contributed by atoms with van der Waals surface area (Å²) in [5.74, 6) is -0.317. The Balaban J connectivity index is 2.06. The van der Waals surface area contributed by atoms with Crippen LogP contribution in [0.15, 0.2) is 40.5 Å². The zero-order valence-corrected chi connectivity index (χ0v) is 14.6. The van der Waals surface area contributed by atoms with E-state index in [1.807, 2.05) is 44.2 Å². The molecule has 23 heavy (non-hydrogen) atoms. The molecule has 1 aromatic carbocycles. The molecule has 1 aromatic heterocycles. The topological polar surface area (TPSA) is 54.3 Å². The highest BCUT2D eigenvalue weighted by molar-refractivity contribution is 9.10. The number of carbonyl (C=O) groups excluding carboxylic acids is 2. The van der Waals surface area contributed by atoms with Crippen molar-refractivity contribution < 1.29 is 9.59 Å². The first-order valence-corrected chi connectivity index (χ1v) is 7.93. The van der Waals surface area contributed by atoms with Crippen LogP contribution in [0.2, 0.25) is 0 Å². The lowest BCUT2D eigenvalue weighted by atomic mass is 10.2. The molecule has 0 aliphatic carbocycles. The number of halogens is 1. The van der Waals surface area contributed by atoms with Crippen molar-refractivity contribution >= 4 is 33.9 Å². The van der Waals surface area contributed by atoms with Crippen molar-refractivity contribution in [1.82, 2.24) is 14.8 Å². The van der Waals surface area contributed by atoms with Crippen LogP contribution in [0.3, 0.4) is 0 Å². The Morgan fingerprint density at radius 3 is 2.52 bits per heavy atom. The molecule has 1 aliphatic heterocycles. The Morgan fingerprint density at radius 2 is 1.91 bits per heavy atom. The number of nitrogens with one attached hydrogen (secondary N) is 1. The molecular weight excluding hydrogens is 358 g/mol. The number of nitrogens with zero attached hydrogens (tertiary/aromatic N) is 2. The van der Waals surface area contributed by atoms with Crippen LogP contribution in [-0.2, 0) is 4.79 Å². The molecule has 118 valence electrons. The van der Waals surface area contributed by atoms with Crippen LogP contribution in [0, 0.1) is 13.8 Å². The predicted molar refractivity (Wildman–Crippen MR) is 92.2 cm³/mol. The van der Waals surface area contributed by atoms with Crippen LogP contribution in [0.1, 0.15) is 17.0 Å². The van der Waals surface area contributed by atoms with Gasteiger partial charge < -0.3 is 9.88 Å². The molecule has 0 atom stereocenters. The quantitative estimate of drug-likeness (QED) is 0.647. The Labute approximate surface area is 142 Å². The first kappa shape index (κ1) is 15.6. The molecule has 5 nitrogen and oxygen atoms in total. The number of rotatable bonds is 2. The van der Waals surface area contributed by atoms with E-state index in [9.17, 15) is 9.59 Å². The maximum atomic E-state index is 12.0. The second kappa shape index (κ2) is 5.70. The average Bonchev–Trinajstić information content (AvgIpc) is 2.91. The van der Waals surface area contributed by atoms with E-state index in [1.54, 1.807) is 6.08 Å². The van der Waals surface area contributed by atoms with E-state index in [1.165, 1.54) is 7.05 Å². The number of imide groups is 1. The molecule has 1 aliphatic rings. The predicted octanol–water partition coefficient (Wildman–Crippen LogP) is 3.38. The Kier molecular flexibility index (Phi) is 3.85. The minimum absolute atomic E-state index is 0.298. The summed E-state index contributed by atoms with van der Waals surface area (Å²) in [5, 5.41) is 2.59. The van der Waals surface area contributed by atoms with E-state index >= 15 is 0 Å². The molecule has 0 spiro atoms. The summed E-state index contributed by atoms with van der Waals surface area (Å²) >= 11 is 3.48. The van der Waals surface area contributed by atoms with Crippen LogP contribution < -0.4 is 5.32 Å². The number of aromatic nitrogens is 1. The van der Waals surface area contributed by atoms with E-state index in [-0.39, 0.29) is 5.91 Å². The molecule has 2 aromatic rings. The molecule has 1 saturated heterocycles. The third-order valence-corrected chi connectivity index (χ3v) is 4.41. The molecule has 3 amide bonds. The van der Waals surface area contributed by atoms with E-state index in [0.29, 0.717) is 5.70 Å². The van der Waals surface area contributed by atoms with Gasteiger partial charge in [-0.15, -0.1) is 0 Å². The normalized spacial score (nSPS) is 16.3. The van der Waals surface area contributed by atoms with Crippen LogP contribution in [0.5, 0.6) is 0 Å². The minimum atomic E-state index is -0.401. The molecule has 0 radical (unpaired) electrons. The monoisotopic (exact) mass is 373 g/mol. The summed E-state index contributed by atoms with van der Waals surface area (Å²) in [4.78, 5) is 24.6. The molecule has 0 bridgehead atoms. The standard InChI is InChI=1S/C17H16BrN3O2/c1-10-7-12(8-15-16(22)20(3)17(23)19-15)11(2)21(10)14-6-4-5-13(18)9-14/h4-9H,1-3H3,(H,19,23)/b15-8+. The smallest absolute Gasteiger partial charge is 0.318 e. The summed E-state index contributed by atoms with van der Waals surface area (Å²) in [6, 6.07) is 9.61. The van der Waals surface area contributed by atoms with Gasteiger partial charge in [-0.1, -0.05) is 22.0 Å². The molecular formula is C17H16BrN3O2.